The first kappa shape index (κ1) is 34.2. The summed E-state index contributed by atoms with van der Waals surface area (Å²) in [7, 11) is 0. The number of alkyl carbamates (subject to hydrolysis) is 1. The molecular weight excluding hydrogens is 620 g/mol. The molecular formula is C31H29F6N5O4. The topological polar surface area (TPSA) is 125 Å². The molecule has 0 spiro atoms. The molecule has 1 aliphatic heterocycles. The SMILES string of the molecule is N#Cc1ccc([C@@H](CC(=O)Nc2cncc(F)c2CC[C@@H]2CN[C@H](COC(=O)NCC(F)(F)F)CO2)c2ccc(F)c(F)c2)cc1. The quantitative estimate of drug-likeness (QED) is 0.247. The van der Waals surface area contributed by atoms with Gasteiger partial charge in [0.1, 0.15) is 19.0 Å². The number of hydrogen-bond donors (Lipinski definition) is 3. The molecule has 4 rings (SSSR count). The van der Waals surface area contributed by atoms with E-state index in [-0.39, 0.29) is 50.0 Å². The van der Waals surface area contributed by atoms with Gasteiger partial charge < -0.3 is 25.4 Å². The monoisotopic (exact) mass is 649 g/mol. The fourth-order valence-electron chi connectivity index (χ4n) is 4.82. The van der Waals surface area contributed by atoms with Gasteiger partial charge in [-0.2, -0.15) is 18.4 Å². The molecule has 1 aromatic heterocycles. The highest BCUT2D eigenvalue weighted by atomic mass is 19.4. The Morgan fingerprint density at radius 1 is 1.07 bits per heavy atom. The maximum Gasteiger partial charge on any atom is 0.407 e. The number of anilines is 1. The number of morpholine rings is 1. The molecule has 0 unspecified atom stereocenters. The Morgan fingerprint density at radius 2 is 1.80 bits per heavy atom. The van der Waals surface area contributed by atoms with Gasteiger partial charge in [-0.3, -0.25) is 9.78 Å². The number of hydrogen-bond acceptors (Lipinski definition) is 7. The average Bonchev–Trinajstić information content (AvgIpc) is 3.03. The smallest absolute Gasteiger partial charge is 0.407 e. The standard InChI is InChI=1S/C31H29F6N5O4/c32-25-8-5-20(9-26(25)33)24(19-3-1-18(11-38)2-4-19)10-29(43)42-28-14-39-13-27(34)23(28)7-6-22-12-40-21(15-45-22)16-46-30(44)41-17-31(35,36)37/h1-5,8-9,13-14,21-22,24,40H,6-7,10,12,15-17H2,(H,41,44)(H,42,43)/t21-,22+,24+/m0/s1. The molecule has 2 amide bonds. The Morgan fingerprint density at radius 3 is 2.46 bits per heavy atom. The van der Waals surface area contributed by atoms with E-state index in [1.807, 2.05) is 6.07 Å². The Kier molecular flexibility index (Phi) is 11.6. The second-order valence-corrected chi connectivity index (χ2v) is 10.5. The average molecular weight is 650 g/mol. The number of pyridine rings is 1. The number of benzene rings is 2. The minimum absolute atomic E-state index is 0.0837. The molecule has 1 saturated heterocycles. The van der Waals surface area contributed by atoms with Crippen molar-refractivity contribution in [1.29, 1.82) is 5.26 Å². The summed E-state index contributed by atoms with van der Waals surface area (Å²) in [6.45, 7) is -1.37. The van der Waals surface area contributed by atoms with Crippen LogP contribution in [0.4, 0.5) is 36.8 Å². The van der Waals surface area contributed by atoms with Crippen LogP contribution in [0, 0.1) is 28.8 Å². The second-order valence-electron chi connectivity index (χ2n) is 10.5. The fourth-order valence-corrected chi connectivity index (χ4v) is 4.82. The number of halogens is 6. The van der Waals surface area contributed by atoms with E-state index in [1.54, 1.807) is 29.6 Å². The number of alkyl halides is 3. The highest BCUT2D eigenvalue weighted by Crippen LogP contribution is 2.31. The predicted molar refractivity (Wildman–Crippen MR) is 152 cm³/mol. The number of carbonyl (C=O) groups excluding carboxylic acids is 2. The van der Waals surface area contributed by atoms with Crippen LogP contribution in [-0.4, -0.2) is 61.6 Å². The highest BCUT2D eigenvalue weighted by molar-refractivity contribution is 5.92. The van der Waals surface area contributed by atoms with Crippen molar-refractivity contribution < 1.29 is 45.4 Å². The molecule has 3 N–H and O–H groups in total. The minimum atomic E-state index is -4.56. The highest BCUT2D eigenvalue weighted by Gasteiger charge is 2.29. The Balaban J connectivity index is 1.35. The maximum absolute atomic E-state index is 14.9. The number of nitriles is 1. The van der Waals surface area contributed by atoms with Gasteiger partial charge in [-0.1, -0.05) is 18.2 Å². The van der Waals surface area contributed by atoms with E-state index in [0.717, 1.165) is 18.3 Å². The number of amides is 2. The molecule has 0 bridgehead atoms. The van der Waals surface area contributed by atoms with Crippen LogP contribution in [0.1, 0.15) is 41.0 Å². The largest absolute Gasteiger partial charge is 0.448 e. The van der Waals surface area contributed by atoms with Crippen LogP contribution in [0.3, 0.4) is 0 Å². The lowest BCUT2D eigenvalue weighted by molar-refractivity contribution is -0.124. The summed E-state index contributed by atoms with van der Waals surface area (Å²) >= 11 is 0. The van der Waals surface area contributed by atoms with Crippen molar-refractivity contribution in [2.45, 2.75) is 43.5 Å². The second kappa shape index (κ2) is 15.5. The summed E-state index contributed by atoms with van der Waals surface area (Å²) in [5.41, 5.74) is 1.56. The number of rotatable bonds is 11. The summed E-state index contributed by atoms with van der Waals surface area (Å²) in [6.07, 6.45) is -3.63. The van der Waals surface area contributed by atoms with Crippen LogP contribution in [-0.2, 0) is 20.7 Å². The van der Waals surface area contributed by atoms with Crippen molar-refractivity contribution in [3.05, 3.63) is 94.6 Å². The fraction of sp³-hybridized carbons (Fsp3) is 0.355. The van der Waals surface area contributed by atoms with Crippen LogP contribution >= 0.6 is 0 Å². The summed E-state index contributed by atoms with van der Waals surface area (Å²) in [6, 6.07) is 11.2. The summed E-state index contributed by atoms with van der Waals surface area (Å²) in [5, 5.41) is 16.5. The van der Waals surface area contributed by atoms with E-state index >= 15 is 0 Å². The first-order chi connectivity index (χ1) is 21.9. The van der Waals surface area contributed by atoms with Gasteiger partial charge in [0.25, 0.3) is 0 Å². The lowest BCUT2D eigenvalue weighted by Crippen LogP contribution is -2.49. The molecule has 2 heterocycles. The Bertz CT molecular complexity index is 1560. The molecule has 3 aromatic rings. The van der Waals surface area contributed by atoms with E-state index in [0.29, 0.717) is 23.1 Å². The zero-order chi connectivity index (χ0) is 33.3. The number of aromatic nitrogens is 1. The van der Waals surface area contributed by atoms with Gasteiger partial charge in [-0.25, -0.2) is 18.0 Å². The Hall–Kier alpha value is -4.68. The van der Waals surface area contributed by atoms with Crippen LogP contribution < -0.4 is 16.0 Å². The zero-order valence-electron chi connectivity index (χ0n) is 24.2. The van der Waals surface area contributed by atoms with E-state index in [1.165, 1.54) is 12.3 Å². The van der Waals surface area contributed by atoms with Gasteiger partial charge in [0, 0.05) is 24.4 Å². The minimum Gasteiger partial charge on any atom is -0.448 e. The summed E-state index contributed by atoms with van der Waals surface area (Å²) in [5.74, 6) is -4.07. The first-order valence-corrected chi connectivity index (χ1v) is 14.1. The third-order valence-corrected chi connectivity index (χ3v) is 7.19. The third kappa shape index (κ3) is 9.91. The van der Waals surface area contributed by atoms with Crippen molar-refractivity contribution in [3.63, 3.8) is 0 Å². The lowest BCUT2D eigenvalue weighted by Gasteiger charge is -2.30. The van der Waals surface area contributed by atoms with Crippen molar-refractivity contribution in [1.82, 2.24) is 15.6 Å². The zero-order valence-corrected chi connectivity index (χ0v) is 24.2. The van der Waals surface area contributed by atoms with Crippen LogP contribution in [0.2, 0.25) is 0 Å². The van der Waals surface area contributed by atoms with Crippen molar-refractivity contribution in [2.75, 3.05) is 31.6 Å². The van der Waals surface area contributed by atoms with E-state index in [4.69, 9.17) is 14.7 Å². The van der Waals surface area contributed by atoms with Crippen LogP contribution in [0.5, 0.6) is 0 Å². The molecule has 15 heteroatoms. The Labute approximate surface area is 259 Å². The summed E-state index contributed by atoms with van der Waals surface area (Å²) < 4.78 is 89.8. The molecule has 0 aliphatic carbocycles. The van der Waals surface area contributed by atoms with Crippen molar-refractivity contribution in [2.24, 2.45) is 0 Å². The lowest BCUT2D eigenvalue weighted by atomic mass is 9.87. The van der Waals surface area contributed by atoms with E-state index in [2.05, 4.69) is 15.6 Å². The third-order valence-electron chi connectivity index (χ3n) is 7.19. The molecule has 1 aliphatic rings. The van der Waals surface area contributed by atoms with Gasteiger partial charge in [0.05, 0.1) is 48.5 Å². The molecule has 3 atom stereocenters. The molecule has 0 saturated carbocycles. The number of nitrogens with one attached hydrogen (secondary N) is 3. The molecule has 9 nitrogen and oxygen atoms in total. The molecule has 2 aromatic carbocycles. The first-order valence-electron chi connectivity index (χ1n) is 14.1. The number of carbonyl (C=O) groups is 2. The van der Waals surface area contributed by atoms with E-state index < -0.39 is 54.1 Å². The maximum atomic E-state index is 14.9. The normalized spacial score (nSPS) is 17.1. The van der Waals surface area contributed by atoms with Crippen LogP contribution in [0.15, 0.2) is 54.9 Å². The predicted octanol–water partition coefficient (Wildman–Crippen LogP) is 5.11. The van der Waals surface area contributed by atoms with E-state index in [9.17, 15) is 35.9 Å². The van der Waals surface area contributed by atoms with Crippen molar-refractivity contribution in [3.8, 4) is 6.07 Å². The van der Waals surface area contributed by atoms with Crippen molar-refractivity contribution >= 4 is 17.7 Å². The summed E-state index contributed by atoms with van der Waals surface area (Å²) in [4.78, 5) is 28.5. The van der Waals surface area contributed by atoms with Gasteiger partial charge in [0.15, 0.2) is 11.6 Å². The number of ether oxygens (including phenoxy) is 2. The molecule has 0 radical (unpaired) electrons. The molecule has 1 fully saturated rings. The van der Waals surface area contributed by atoms with Gasteiger partial charge in [-0.15, -0.1) is 0 Å². The molecule has 46 heavy (non-hydrogen) atoms. The van der Waals surface area contributed by atoms with Gasteiger partial charge in [-0.05, 0) is 48.2 Å². The van der Waals surface area contributed by atoms with Gasteiger partial charge >= 0.3 is 12.3 Å². The number of nitrogens with zero attached hydrogens (tertiary/aromatic N) is 2. The van der Waals surface area contributed by atoms with Crippen LogP contribution in [0.25, 0.3) is 0 Å². The van der Waals surface area contributed by atoms with Gasteiger partial charge in [0.2, 0.25) is 5.91 Å². The molecule has 244 valence electrons.